The van der Waals surface area contributed by atoms with Gasteiger partial charge in [-0.1, -0.05) is 24.3 Å². The second-order valence-electron chi connectivity index (χ2n) is 6.54. The number of nitrogens with zero attached hydrogens (tertiary/aromatic N) is 1. The third kappa shape index (κ3) is 5.07. The van der Waals surface area contributed by atoms with Gasteiger partial charge in [0.15, 0.2) is 0 Å². The SMILES string of the molecule is Cc1cccc(NC(=O)c2ccnc(Nc3ccccc3OC(C)C)c2)c1. The molecule has 2 aromatic carbocycles. The van der Waals surface area contributed by atoms with Crippen LogP contribution in [0.2, 0.25) is 0 Å². The van der Waals surface area contributed by atoms with Crippen LogP contribution in [-0.2, 0) is 0 Å². The van der Waals surface area contributed by atoms with Crippen molar-refractivity contribution >= 4 is 23.1 Å². The lowest BCUT2D eigenvalue weighted by Gasteiger charge is -2.15. The molecule has 0 aliphatic heterocycles. The van der Waals surface area contributed by atoms with Crippen LogP contribution in [0.15, 0.2) is 66.9 Å². The average Bonchev–Trinajstić information content (AvgIpc) is 2.63. The molecule has 0 aliphatic rings. The minimum absolute atomic E-state index is 0.0624. The summed E-state index contributed by atoms with van der Waals surface area (Å²) in [5, 5.41) is 6.14. The quantitative estimate of drug-likeness (QED) is 0.635. The van der Waals surface area contributed by atoms with Crippen molar-refractivity contribution in [1.29, 1.82) is 0 Å². The van der Waals surface area contributed by atoms with E-state index in [1.54, 1.807) is 18.3 Å². The number of amides is 1. The van der Waals surface area contributed by atoms with Crippen LogP contribution in [0.1, 0.15) is 29.8 Å². The van der Waals surface area contributed by atoms with E-state index in [0.29, 0.717) is 11.4 Å². The Balaban J connectivity index is 1.77. The Bertz CT molecular complexity index is 938. The third-order valence-electron chi connectivity index (χ3n) is 3.81. The predicted molar refractivity (Wildman–Crippen MR) is 109 cm³/mol. The number of benzene rings is 2. The van der Waals surface area contributed by atoms with Gasteiger partial charge in [-0.25, -0.2) is 4.98 Å². The van der Waals surface area contributed by atoms with Crippen molar-refractivity contribution in [1.82, 2.24) is 4.98 Å². The highest BCUT2D eigenvalue weighted by molar-refractivity contribution is 6.04. The first-order valence-corrected chi connectivity index (χ1v) is 8.88. The monoisotopic (exact) mass is 361 g/mol. The molecule has 0 unspecified atom stereocenters. The number of aryl methyl sites for hydroxylation is 1. The molecule has 0 fully saturated rings. The highest BCUT2D eigenvalue weighted by Gasteiger charge is 2.10. The molecule has 1 aromatic heterocycles. The van der Waals surface area contributed by atoms with Gasteiger partial charge < -0.3 is 15.4 Å². The number of hydrogen-bond donors (Lipinski definition) is 2. The summed E-state index contributed by atoms with van der Waals surface area (Å²) in [5.74, 6) is 1.13. The molecule has 1 heterocycles. The zero-order valence-electron chi connectivity index (χ0n) is 15.7. The minimum Gasteiger partial charge on any atom is -0.489 e. The summed E-state index contributed by atoms with van der Waals surface area (Å²) >= 11 is 0. The Morgan fingerprint density at radius 2 is 1.85 bits per heavy atom. The molecule has 0 saturated carbocycles. The number of carbonyl (C=O) groups excluding carboxylic acids is 1. The smallest absolute Gasteiger partial charge is 0.255 e. The van der Waals surface area contributed by atoms with Crippen LogP contribution in [0.25, 0.3) is 0 Å². The summed E-state index contributed by atoms with van der Waals surface area (Å²) < 4.78 is 5.82. The van der Waals surface area contributed by atoms with Crippen LogP contribution in [0.5, 0.6) is 5.75 Å². The molecule has 0 atom stereocenters. The average molecular weight is 361 g/mol. The predicted octanol–water partition coefficient (Wildman–Crippen LogP) is 5.17. The van der Waals surface area contributed by atoms with Gasteiger partial charge in [-0.3, -0.25) is 4.79 Å². The molecule has 3 rings (SSSR count). The number of carbonyl (C=O) groups is 1. The third-order valence-corrected chi connectivity index (χ3v) is 3.81. The van der Waals surface area contributed by atoms with Crippen molar-refractivity contribution in [2.45, 2.75) is 26.9 Å². The fourth-order valence-electron chi connectivity index (χ4n) is 2.63. The standard InChI is InChI=1S/C22H23N3O2/c1-15(2)27-20-10-5-4-9-19(20)25-21-14-17(11-12-23-21)22(26)24-18-8-6-7-16(3)13-18/h4-15H,1-3H3,(H,23,25)(H,24,26). The summed E-state index contributed by atoms with van der Waals surface area (Å²) in [4.78, 5) is 16.9. The fraction of sp³-hybridized carbons (Fsp3) is 0.182. The lowest BCUT2D eigenvalue weighted by atomic mass is 10.2. The summed E-state index contributed by atoms with van der Waals surface area (Å²) in [5.41, 5.74) is 3.18. The molecule has 1 amide bonds. The molecular weight excluding hydrogens is 338 g/mol. The van der Waals surface area contributed by atoms with E-state index < -0.39 is 0 Å². The van der Waals surface area contributed by atoms with Crippen molar-refractivity contribution in [3.05, 3.63) is 78.0 Å². The summed E-state index contributed by atoms with van der Waals surface area (Å²) in [6.07, 6.45) is 1.67. The Labute approximate surface area is 159 Å². The molecule has 0 bridgehead atoms. The van der Waals surface area contributed by atoms with E-state index in [4.69, 9.17) is 4.74 Å². The van der Waals surface area contributed by atoms with Gasteiger partial charge in [0.1, 0.15) is 11.6 Å². The molecule has 5 heteroatoms. The molecule has 0 radical (unpaired) electrons. The Hall–Kier alpha value is -3.34. The summed E-state index contributed by atoms with van der Waals surface area (Å²) in [7, 11) is 0. The maximum atomic E-state index is 12.6. The molecule has 0 saturated heterocycles. The number of para-hydroxylation sites is 2. The van der Waals surface area contributed by atoms with Gasteiger partial charge >= 0.3 is 0 Å². The number of hydrogen-bond acceptors (Lipinski definition) is 4. The van der Waals surface area contributed by atoms with Crippen molar-refractivity contribution < 1.29 is 9.53 Å². The second kappa shape index (κ2) is 8.36. The zero-order chi connectivity index (χ0) is 19.2. The minimum atomic E-state index is -0.183. The molecule has 3 aromatic rings. The first-order chi connectivity index (χ1) is 13.0. The molecule has 5 nitrogen and oxygen atoms in total. The number of nitrogens with one attached hydrogen (secondary N) is 2. The number of ether oxygens (including phenoxy) is 1. The number of pyridine rings is 1. The van der Waals surface area contributed by atoms with Crippen molar-refractivity contribution in [3.63, 3.8) is 0 Å². The number of aromatic nitrogens is 1. The normalized spacial score (nSPS) is 10.5. The Kier molecular flexibility index (Phi) is 5.71. The van der Waals surface area contributed by atoms with Gasteiger partial charge in [-0.15, -0.1) is 0 Å². The molecule has 0 spiro atoms. The molecule has 27 heavy (non-hydrogen) atoms. The summed E-state index contributed by atoms with van der Waals surface area (Å²) in [6.45, 7) is 5.94. The number of anilines is 3. The van der Waals surface area contributed by atoms with Gasteiger partial charge in [0.2, 0.25) is 0 Å². The van der Waals surface area contributed by atoms with Crippen LogP contribution >= 0.6 is 0 Å². The number of rotatable bonds is 6. The largest absolute Gasteiger partial charge is 0.489 e. The van der Waals surface area contributed by atoms with Crippen LogP contribution in [0, 0.1) is 6.92 Å². The molecule has 138 valence electrons. The second-order valence-corrected chi connectivity index (χ2v) is 6.54. The maximum Gasteiger partial charge on any atom is 0.255 e. The van der Waals surface area contributed by atoms with E-state index in [-0.39, 0.29) is 12.0 Å². The summed E-state index contributed by atoms with van der Waals surface area (Å²) in [6, 6.07) is 18.8. The van der Waals surface area contributed by atoms with E-state index in [9.17, 15) is 4.79 Å². The lowest BCUT2D eigenvalue weighted by molar-refractivity contribution is 0.102. The van der Waals surface area contributed by atoms with Gasteiger partial charge in [0.25, 0.3) is 5.91 Å². The van der Waals surface area contributed by atoms with E-state index >= 15 is 0 Å². The van der Waals surface area contributed by atoms with Gasteiger partial charge in [-0.2, -0.15) is 0 Å². The van der Waals surface area contributed by atoms with Crippen molar-refractivity contribution in [2.75, 3.05) is 10.6 Å². The van der Waals surface area contributed by atoms with Crippen LogP contribution in [-0.4, -0.2) is 17.0 Å². The van der Waals surface area contributed by atoms with Crippen molar-refractivity contribution in [3.8, 4) is 5.75 Å². The first kappa shape index (κ1) is 18.5. The van der Waals surface area contributed by atoms with Crippen LogP contribution < -0.4 is 15.4 Å². The van der Waals surface area contributed by atoms with Gasteiger partial charge in [0, 0.05) is 17.4 Å². The fourth-order valence-corrected chi connectivity index (χ4v) is 2.63. The Morgan fingerprint density at radius 1 is 1.04 bits per heavy atom. The maximum absolute atomic E-state index is 12.6. The molecular formula is C22H23N3O2. The zero-order valence-corrected chi connectivity index (χ0v) is 15.7. The van der Waals surface area contributed by atoms with E-state index in [1.165, 1.54) is 0 Å². The topological polar surface area (TPSA) is 63.2 Å². The van der Waals surface area contributed by atoms with E-state index in [2.05, 4.69) is 15.6 Å². The molecule has 2 N–H and O–H groups in total. The van der Waals surface area contributed by atoms with Gasteiger partial charge in [0.05, 0.1) is 11.8 Å². The van der Waals surface area contributed by atoms with Gasteiger partial charge in [-0.05, 0) is 62.7 Å². The first-order valence-electron chi connectivity index (χ1n) is 8.88. The van der Waals surface area contributed by atoms with Crippen LogP contribution in [0.4, 0.5) is 17.2 Å². The van der Waals surface area contributed by atoms with E-state index in [0.717, 1.165) is 22.7 Å². The highest BCUT2D eigenvalue weighted by atomic mass is 16.5. The molecule has 0 aliphatic carbocycles. The lowest BCUT2D eigenvalue weighted by Crippen LogP contribution is -2.12. The van der Waals surface area contributed by atoms with Crippen LogP contribution in [0.3, 0.4) is 0 Å². The Morgan fingerprint density at radius 3 is 2.63 bits per heavy atom. The van der Waals surface area contributed by atoms with Crippen molar-refractivity contribution in [2.24, 2.45) is 0 Å². The van der Waals surface area contributed by atoms with E-state index in [1.807, 2.05) is 69.3 Å². The highest BCUT2D eigenvalue weighted by Crippen LogP contribution is 2.27.